The van der Waals surface area contributed by atoms with Gasteiger partial charge in [-0.2, -0.15) is 0 Å². The molecule has 0 atom stereocenters. The van der Waals surface area contributed by atoms with Crippen LogP contribution in [0.4, 0.5) is 10.5 Å². The molecule has 1 saturated heterocycles. The number of hydrogen-bond donors (Lipinski definition) is 0. The second-order valence-electron chi connectivity index (χ2n) is 6.27. The maximum absolute atomic E-state index is 12.7. The van der Waals surface area contributed by atoms with Crippen LogP contribution in [0.1, 0.15) is 16.1 Å². The Labute approximate surface area is 181 Å². The van der Waals surface area contributed by atoms with Crippen molar-refractivity contribution >= 4 is 52.2 Å². The molecule has 0 N–H and O–H groups in total. The van der Waals surface area contributed by atoms with Crippen molar-refractivity contribution in [1.29, 1.82) is 0 Å². The van der Waals surface area contributed by atoms with E-state index in [1.165, 1.54) is 13.2 Å². The Bertz CT molecular complexity index is 1180. The lowest BCUT2D eigenvalue weighted by molar-refractivity contribution is -0.113. The Morgan fingerprint density at radius 1 is 1.10 bits per heavy atom. The van der Waals surface area contributed by atoms with Gasteiger partial charge in [0, 0.05) is 16.7 Å². The quantitative estimate of drug-likeness (QED) is 0.387. The molecule has 2 aromatic carbocycles. The summed E-state index contributed by atoms with van der Waals surface area (Å²) in [6.45, 7) is 0. The van der Waals surface area contributed by atoms with Crippen LogP contribution in [0, 0.1) is 0 Å². The van der Waals surface area contributed by atoms with Gasteiger partial charge in [0.2, 0.25) is 0 Å². The Kier molecular flexibility index (Phi) is 5.48. The van der Waals surface area contributed by atoms with Crippen molar-refractivity contribution in [2.24, 2.45) is 0 Å². The van der Waals surface area contributed by atoms with Crippen LogP contribution in [0.5, 0.6) is 0 Å². The molecule has 30 heavy (non-hydrogen) atoms. The summed E-state index contributed by atoms with van der Waals surface area (Å²) >= 11 is 6.80. The molecule has 4 rings (SSSR count). The number of esters is 1. The second kappa shape index (κ2) is 8.22. The van der Waals surface area contributed by atoms with E-state index in [1.807, 2.05) is 0 Å². The van der Waals surface area contributed by atoms with E-state index in [4.69, 9.17) is 16.0 Å². The molecule has 1 fully saturated rings. The van der Waals surface area contributed by atoms with Gasteiger partial charge in [-0.3, -0.25) is 9.59 Å². The normalized spacial score (nSPS) is 15.1. The van der Waals surface area contributed by atoms with E-state index < -0.39 is 17.1 Å². The van der Waals surface area contributed by atoms with Crippen LogP contribution in [-0.2, 0) is 9.53 Å². The number of halogens is 1. The monoisotopic (exact) mass is 439 g/mol. The summed E-state index contributed by atoms with van der Waals surface area (Å²) in [4.78, 5) is 37.9. The maximum Gasteiger partial charge on any atom is 0.337 e. The van der Waals surface area contributed by atoms with Gasteiger partial charge >= 0.3 is 5.97 Å². The average molecular weight is 440 g/mol. The average Bonchev–Trinajstić information content (AvgIpc) is 3.32. The van der Waals surface area contributed by atoms with Crippen molar-refractivity contribution in [1.82, 2.24) is 0 Å². The Balaban J connectivity index is 1.56. The molecular formula is C22H14ClNO5S. The van der Waals surface area contributed by atoms with Crippen LogP contribution >= 0.6 is 23.4 Å². The number of rotatable bonds is 4. The van der Waals surface area contributed by atoms with Gasteiger partial charge in [-0.25, -0.2) is 9.69 Å². The largest absolute Gasteiger partial charge is 0.465 e. The van der Waals surface area contributed by atoms with Crippen molar-refractivity contribution in [3.05, 3.63) is 81.9 Å². The van der Waals surface area contributed by atoms with E-state index in [1.54, 1.807) is 60.7 Å². The molecule has 0 radical (unpaired) electrons. The fourth-order valence-corrected chi connectivity index (χ4v) is 3.91. The van der Waals surface area contributed by atoms with Crippen LogP contribution in [0.3, 0.4) is 0 Å². The smallest absolute Gasteiger partial charge is 0.337 e. The van der Waals surface area contributed by atoms with E-state index in [-0.39, 0.29) is 4.91 Å². The summed E-state index contributed by atoms with van der Waals surface area (Å²) in [6.07, 6.45) is 1.53. The molecular weight excluding hydrogens is 426 g/mol. The first-order valence-corrected chi connectivity index (χ1v) is 9.98. The highest BCUT2D eigenvalue weighted by molar-refractivity contribution is 8.19. The lowest BCUT2D eigenvalue weighted by Gasteiger charge is -2.12. The molecule has 0 bridgehead atoms. The molecule has 2 heterocycles. The number of carbonyl (C=O) groups is 3. The SMILES string of the molecule is COC(=O)c1ccc(-c2ccc(/C=C3/SC(=O)N(c4cccc(Cl)c4)C3=O)o2)cc1. The third-order valence-electron chi connectivity index (χ3n) is 4.35. The number of methoxy groups -OCH3 is 1. The molecule has 2 amide bonds. The van der Waals surface area contributed by atoms with Gasteiger partial charge in [-0.05, 0) is 54.2 Å². The number of ether oxygens (including phenoxy) is 1. The van der Waals surface area contributed by atoms with Crippen molar-refractivity contribution in [2.75, 3.05) is 12.0 Å². The van der Waals surface area contributed by atoms with E-state index >= 15 is 0 Å². The molecule has 1 aliphatic rings. The molecule has 150 valence electrons. The zero-order valence-corrected chi connectivity index (χ0v) is 17.2. The molecule has 3 aromatic rings. The predicted octanol–water partition coefficient (Wildman–Crippen LogP) is 5.63. The van der Waals surface area contributed by atoms with Gasteiger partial charge in [0.05, 0.1) is 23.3 Å². The van der Waals surface area contributed by atoms with E-state index in [0.717, 1.165) is 22.2 Å². The fourth-order valence-electron chi connectivity index (χ4n) is 2.91. The van der Waals surface area contributed by atoms with Crippen LogP contribution in [0.15, 0.2) is 70.0 Å². The number of furan rings is 1. The molecule has 0 aliphatic carbocycles. The third-order valence-corrected chi connectivity index (χ3v) is 5.46. The first-order chi connectivity index (χ1) is 14.5. The van der Waals surface area contributed by atoms with Crippen LogP contribution in [-0.4, -0.2) is 24.2 Å². The molecule has 0 unspecified atom stereocenters. The summed E-state index contributed by atoms with van der Waals surface area (Å²) in [5, 5.41) is 0.0307. The highest BCUT2D eigenvalue weighted by atomic mass is 35.5. The fraction of sp³-hybridized carbons (Fsp3) is 0.0455. The summed E-state index contributed by atoms with van der Waals surface area (Å²) in [7, 11) is 1.32. The minimum absolute atomic E-state index is 0.252. The summed E-state index contributed by atoms with van der Waals surface area (Å²) in [6, 6.07) is 16.8. The highest BCUT2D eigenvalue weighted by Crippen LogP contribution is 2.37. The van der Waals surface area contributed by atoms with E-state index in [2.05, 4.69) is 4.74 Å². The second-order valence-corrected chi connectivity index (χ2v) is 7.70. The van der Waals surface area contributed by atoms with Crippen LogP contribution < -0.4 is 4.90 Å². The highest BCUT2D eigenvalue weighted by Gasteiger charge is 2.36. The number of hydrogen-bond acceptors (Lipinski definition) is 6. The minimum Gasteiger partial charge on any atom is -0.465 e. The number of benzene rings is 2. The van der Waals surface area contributed by atoms with Gasteiger partial charge in [0.25, 0.3) is 11.1 Å². The standard InChI is InChI=1S/C22H14ClNO5S/c1-28-21(26)14-7-5-13(6-8-14)18-10-9-17(29-18)12-19-20(25)24(22(27)30-19)16-4-2-3-15(23)11-16/h2-12H,1H3/b19-12+. The molecule has 0 saturated carbocycles. The molecule has 6 nitrogen and oxygen atoms in total. The van der Waals surface area contributed by atoms with E-state index in [0.29, 0.717) is 27.8 Å². The third kappa shape index (κ3) is 3.90. The number of anilines is 1. The number of amides is 2. The zero-order valence-electron chi connectivity index (χ0n) is 15.6. The van der Waals surface area contributed by atoms with Gasteiger partial charge in [0.15, 0.2) is 0 Å². The van der Waals surface area contributed by atoms with Crippen LogP contribution in [0.2, 0.25) is 5.02 Å². The number of nitrogens with zero attached hydrogens (tertiary/aromatic N) is 1. The van der Waals surface area contributed by atoms with Crippen molar-refractivity contribution in [3.63, 3.8) is 0 Å². The summed E-state index contributed by atoms with van der Waals surface area (Å²) < 4.78 is 10.5. The van der Waals surface area contributed by atoms with E-state index in [9.17, 15) is 14.4 Å². The zero-order chi connectivity index (χ0) is 21.3. The predicted molar refractivity (Wildman–Crippen MR) is 115 cm³/mol. The lowest BCUT2D eigenvalue weighted by Crippen LogP contribution is -2.27. The van der Waals surface area contributed by atoms with Gasteiger partial charge in [-0.15, -0.1) is 0 Å². The molecule has 1 aliphatic heterocycles. The van der Waals surface area contributed by atoms with Crippen LogP contribution in [0.25, 0.3) is 17.4 Å². The molecule has 8 heteroatoms. The molecule has 1 aromatic heterocycles. The number of carbonyl (C=O) groups excluding carboxylic acids is 3. The maximum atomic E-state index is 12.7. The minimum atomic E-state index is -0.437. The molecule has 0 spiro atoms. The summed E-state index contributed by atoms with van der Waals surface area (Å²) in [5.41, 5.74) is 1.61. The van der Waals surface area contributed by atoms with Crippen molar-refractivity contribution < 1.29 is 23.5 Å². The Morgan fingerprint density at radius 3 is 2.57 bits per heavy atom. The summed E-state index contributed by atoms with van der Waals surface area (Å²) in [5.74, 6) is 0.134. The van der Waals surface area contributed by atoms with Gasteiger partial charge < -0.3 is 9.15 Å². The van der Waals surface area contributed by atoms with Gasteiger partial charge in [-0.1, -0.05) is 29.8 Å². The van der Waals surface area contributed by atoms with Crippen molar-refractivity contribution in [3.8, 4) is 11.3 Å². The Morgan fingerprint density at radius 2 is 1.87 bits per heavy atom. The van der Waals surface area contributed by atoms with Crippen molar-refractivity contribution in [2.45, 2.75) is 0 Å². The Hall–Kier alpha value is -3.29. The first kappa shape index (κ1) is 20.0. The van der Waals surface area contributed by atoms with Gasteiger partial charge in [0.1, 0.15) is 11.5 Å². The first-order valence-electron chi connectivity index (χ1n) is 8.78. The number of imide groups is 1. The lowest BCUT2D eigenvalue weighted by atomic mass is 10.1. The topological polar surface area (TPSA) is 76.8 Å². The number of thioether (sulfide) groups is 1.